The van der Waals surface area contributed by atoms with Crippen LogP contribution in [-0.4, -0.2) is 49.7 Å². The van der Waals surface area contributed by atoms with Crippen LogP contribution in [-0.2, 0) is 9.53 Å². The minimum absolute atomic E-state index is 0.114. The summed E-state index contributed by atoms with van der Waals surface area (Å²) < 4.78 is 10.9. The van der Waals surface area contributed by atoms with Gasteiger partial charge in [-0.3, -0.25) is 9.69 Å². The summed E-state index contributed by atoms with van der Waals surface area (Å²) in [6.07, 6.45) is 1.86. The van der Waals surface area contributed by atoms with Crippen molar-refractivity contribution in [3.8, 4) is 5.75 Å². The second-order valence-electron chi connectivity index (χ2n) is 7.12. The van der Waals surface area contributed by atoms with E-state index < -0.39 is 0 Å². The van der Waals surface area contributed by atoms with Crippen molar-refractivity contribution in [2.75, 3.05) is 48.5 Å². The molecule has 2 heterocycles. The van der Waals surface area contributed by atoms with Gasteiger partial charge in [-0.05, 0) is 60.7 Å². The van der Waals surface area contributed by atoms with Gasteiger partial charge in [0.2, 0.25) is 0 Å². The van der Waals surface area contributed by atoms with Gasteiger partial charge in [-0.15, -0.1) is 0 Å². The van der Waals surface area contributed by atoms with Crippen molar-refractivity contribution in [2.45, 2.75) is 13.8 Å². The molecule has 0 saturated carbocycles. The number of aliphatic imine (C=N–C) groups is 1. The fraction of sp³-hybridized carbons (Fsp3) is 0.333. The van der Waals surface area contributed by atoms with Crippen LogP contribution in [0.2, 0.25) is 0 Å². The molecule has 1 saturated heterocycles. The van der Waals surface area contributed by atoms with Crippen molar-refractivity contribution in [1.29, 1.82) is 0 Å². The lowest BCUT2D eigenvalue weighted by atomic mass is 10.1. The van der Waals surface area contributed by atoms with E-state index in [1.54, 1.807) is 16.7 Å². The number of benzene rings is 2. The smallest absolute Gasteiger partial charge is 0.283 e. The van der Waals surface area contributed by atoms with E-state index in [-0.39, 0.29) is 5.91 Å². The first-order chi connectivity index (χ1) is 15.2. The quantitative estimate of drug-likeness (QED) is 0.626. The van der Waals surface area contributed by atoms with Crippen LogP contribution in [0, 0.1) is 0 Å². The standard InChI is InChI=1S/C24H27N3O3S/c1-3-30-21-11-9-20(10-12-21)27-23(28)22(25-24(27)31-4-2)17-18-5-7-19(8-6-18)26-13-15-29-16-14-26/h5-12,17H,3-4,13-16H2,1-2H3/b22-17-. The molecule has 2 aliphatic rings. The predicted octanol–water partition coefficient (Wildman–Crippen LogP) is 4.42. The lowest BCUT2D eigenvalue weighted by Crippen LogP contribution is -2.36. The van der Waals surface area contributed by atoms with Gasteiger partial charge in [-0.1, -0.05) is 30.8 Å². The largest absolute Gasteiger partial charge is 0.494 e. The number of thioether (sulfide) groups is 1. The molecule has 0 spiro atoms. The highest BCUT2D eigenvalue weighted by Gasteiger charge is 2.31. The monoisotopic (exact) mass is 437 g/mol. The topological polar surface area (TPSA) is 54.4 Å². The molecular weight excluding hydrogens is 410 g/mol. The number of rotatable bonds is 6. The maximum Gasteiger partial charge on any atom is 0.283 e. The van der Waals surface area contributed by atoms with Crippen molar-refractivity contribution >= 4 is 40.3 Å². The summed E-state index contributed by atoms with van der Waals surface area (Å²) in [6, 6.07) is 15.8. The van der Waals surface area contributed by atoms with Crippen molar-refractivity contribution in [3.05, 3.63) is 59.8 Å². The molecule has 162 valence electrons. The molecule has 0 bridgehead atoms. The van der Waals surface area contributed by atoms with E-state index in [9.17, 15) is 4.79 Å². The zero-order chi connectivity index (χ0) is 21.6. The first-order valence-corrected chi connectivity index (χ1v) is 11.6. The molecule has 0 atom stereocenters. The third-order valence-corrected chi connectivity index (χ3v) is 5.90. The Labute approximate surface area is 187 Å². The summed E-state index contributed by atoms with van der Waals surface area (Å²) in [7, 11) is 0. The Morgan fingerprint density at radius 3 is 2.35 bits per heavy atom. The number of carbonyl (C=O) groups is 1. The molecule has 6 nitrogen and oxygen atoms in total. The van der Waals surface area contributed by atoms with E-state index in [0.717, 1.165) is 49.1 Å². The highest BCUT2D eigenvalue weighted by Crippen LogP contribution is 2.30. The van der Waals surface area contributed by atoms with Gasteiger partial charge in [0.05, 0.1) is 25.5 Å². The van der Waals surface area contributed by atoms with Gasteiger partial charge in [0.15, 0.2) is 5.17 Å². The molecular formula is C24H27N3O3S. The number of hydrogen-bond acceptors (Lipinski definition) is 6. The average molecular weight is 438 g/mol. The molecule has 0 N–H and O–H groups in total. The van der Waals surface area contributed by atoms with Crippen LogP contribution in [0.25, 0.3) is 6.08 Å². The molecule has 1 fully saturated rings. The summed E-state index contributed by atoms with van der Waals surface area (Å²) in [6.45, 7) is 7.93. The Bertz CT molecular complexity index is 965. The fourth-order valence-corrected chi connectivity index (χ4v) is 4.31. The molecule has 1 amide bonds. The predicted molar refractivity (Wildman–Crippen MR) is 128 cm³/mol. The van der Waals surface area contributed by atoms with Crippen LogP contribution >= 0.6 is 11.8 Å². The van der Waals surface area contributed by atoms with Crippen LogP contribution in [0.3, 0.4) is 0 Å². The number of ether oxygens (including phenoxy) is 2. The average Bonchev–Trinajstić information content (AvgIpc) is 3.10. The van der Waals surface area contributed by atoms with Gasteiger partial charge in [-0.25, -0.2) is 4.99 Å². The highest BCUT2D eigenvalue weighted by atomic mass is 32.2. The molecule has 0 radical (unpaired) electrons. The fourth-order valence-electron chi connectivity index (χ4n) is 3.57. The van der Waals surface area contributed by atoms with Crippen LogP contribution in [0.4, 0.5) is 11.4 Å². The van der Waals surface area contributed by atoms with Gasteiger partial charge < -0.3 is 14.4 Å². The second kappa shape index (κ2) is 10.0. The molecule has 2 aliphatic heterocycles. The van der Waals surface area contributed by atoms with Gasteiger partial charge in [0.1, 0.15) is 11.4 Å². The van der Waals surface area contributed by atoms with Crippen LogP contribution < -0.4 is 14.5 Å². The number of amidine groups is 1. The number of nitrogens with zero attached hydrogens (tertiary/aromatic N) is 3. The van der Waals surface area contributed by atoms with Crippen LogP contribution in [0.5, 0.6) is 5.75 Å². The molecule has 0 aliphatic carbocycles. The van der Waals surface area contributed by atoms with E-state index in [0.29, 0.717) is 17.5 Å². The minimum atomic E-state index is -0.114. The summed E-state index contributed by atoms with van der Waals surface area (Å²) in [5.74, 6) is 1.51. The molecule has 0 unspecified atom stereocenters. The lowest BCUT2D eigenvalue weighted by molar-refractivity contribution is -0.113. The number of anilines is 2. The van der Waals surface area contributed by atoms with Crippen molar-refractivity contribution in [1.82, 2.24) is 0 Å². The van der Waals surface area contributed by atoms with Gasteiger partial charge in [-0.2, -0.15) is 0 Å². The van der Waals surface area contributed by atoms with Crippen LogP contribution in [0.15, 0.2) is 59.2 Å². The number of amides is 1. The first-order valence-electron chi connectivity index (χ1n) is 10.6. The summed E-state index contributed by atoms with van der Waals surface area (Å²) >= 11 is 1.56. The molecule has 7 heteroatoms. The lowest BCUT2D eigenvalue weighted by Gasteiger charge is -2.28. The molecule has 2 aromatic rings. The Morgan fingerprint density at radius 2 is 1.71 bits per heavy atom. The molecule has 2 aromatic carbocycles. The maximum absolute atomic E-state index is 13.2. The molecule has 0 aromatic heterocycles. The van der Waals surface area contributed by atoms with Crippen LogP contribution in [0.1, 0.15) is 19.4 Å². The normalized spacial score (nSPS) is 17.9. The number of carbonyl (C=O) groups excluding carboxylic acids is 1. The third kappa shape index (κ3) is 4.94. The highest BCUT2D eigenvalue weighted by molar-refractivity contribution is 8.14. The maximum atomic E-state index is 13.2. The van der Waals surface area contributed by atoms with Crippen molar-refractivity contribution in [2.24, 2.45) is 4.99 Å². The van der Waals surface area contributed by atoms with Gasteiger partial charge >= 0.3 is 0 Å². The Balaban J connectivity index is 1.55. The Morgan fingerprint density at radius 1 is 1.03 bits per heavy atom. The van der Waals surface area contributed by atoms with Gasteiger partial charge in [0, 0.05) is 18.8 Å². The van der Waals surface area contributed by atoms with Crippen molar-refractivity contribution in [3.63, 3.8) is 0 Å². The third-order valence-electron chi connectivity index (χ3n) is 5.08. The second-order valence-corrected chi connectivity index (χ2v) is 8.35. The van der Waals surface area contributed by atoms with Gasteiger partial charge in [0.25, 0.3) is 5.91 Å². The van der Waals surface area contributed by atoms with Crippen molar-refractivity contribution < 1.29 is 14.3 Å². The summed E-state index contributed by atoms with van der Waals surface area (Å²) in [4.78, 5) is 21.8. The van der Waals surface area contributed by atoms with E-state index in [1.165, 1.54) is 5.69 Å². The Kier molecular flexibility index (Phi) is 6.94. The van der Waals surface area contributed by atoms with E-state index in [1.807, 2.05) is 49.4 Å². The van der Waals surface area contributed by atoms with E-state index in [4.69, 9.17) is 9.47 Å². The molecule has 4 rings (SSSR count). The number of morpholine rings is 1. The SMILES string of the molecule is CCOc1ccc(N2C(=O)/C(=C/c3ccc(N4CCOCC4)cc3)N=C2SCC)cc1. The number of hydrogen-bond donors (Lipinski definition) is 0. The zero-order valence-corrected chi connectivity index (χ0v) is 18.7. The van der Waals surface area contributed by atoms with E-state index in [2.05, 4.69) is 28.9 Å². The summed E-state index contributed by atoms with van der Waals surface area (Å²) in [5.41, 5.74) is 3.37. The minimum Gasteiger partial charge on any atom is -0.494 e. The zero-order valence-electron chi connectivity index (χ0n) is 17.9. The molecule has 31 heavy (non-hydrogen) atoms. The summed E-state index contributed by atoms with van der Waals surface area (Å²) in [5, 5.41) is 0.702. The first kappa shape index (κ1) is 21.5. The van der Waals surface area contributed by atoms with E-state index >= 15 is 0 Å². The Hall–Kier alpha value is -2.77.